The van der Waals surface area contributed by atoms with Gasteiger partial charge in [0.1, 0.15) is 35.3 Å². The SMILES string of the molecule is C=C(C)c1c(F)ccc2cccc(-c3[nH]c(=O)c4c(N5CC6CCC(C5)N6)nc(OC[C@@]56CCCN5C[C@H](F)C6)nc4c3F)c12. The second-order valence-corrected chi connectivity index (χ2v) is 13.2. The van der Waals surface area contributed by atoms with Gasteiger partial charge in [0.05, 0.1) is 11.2 Å². The van der Waals surface area contributed by atoms with Gasteiger partial charge in [-0.1, -0.05) is 30.8 Å². The quantitative estimate of drug-likeness (QED) is 0.302. The Kier molecular flexibility index (Phi) is 6.69. The summed E-state index contributed by atoms with van der Waals surface area (Å²) in [7, 11) is 0. The molecule has 45 heavy (non-hydrogen) atoms. The van der Waals surface area contributed by atoms with E-state index in [2.05, 4.69) is 26.8 Å². The molecular formula is C34H35F3N6O2. The number of halogens is 3. The lowest BCUT2D eigenvalue weighted by Crippen LogP contribution is -2.51. The van der Waals surface area contributed by atoms with Crippen LogP contribution in [0.15, 0.2) is 41.7 Å². The molecule has 11 heteroatoms. The van der Waals surface area contributed by atoms with Crippen molar-refractivity contribution in [3.05, 3.63) is 64.5 Å². The minimum atomic E-state index is -0.925. The van der Waals surface area contributed by atoms with Crippen molar-refractivity contribution in [1.82, 2.24) is 25.2 Å². The smallest absolute Gasteiger partial charge is 0.319 e. The van der Waals surface area contributed by atoms with Gasteiger partial charge in [0.25, 0.3) is 5.56 Å². The fraction of sp³-hybridized carbons (Fsp3) is 0.441. The maximum absolute atomic E-state index is 16.9. The molecule has 2 aromatic carbocycles. The number of hydrogen-bond donors (Lipinski definition) is 2. The highest BCUT2D eigenvalue weighted by Crippen LogP contribution is 2.41. The number of aromatic amines is 1. The lowest BCUT2D eigenvalue weighted by Gasteiger charge is -2.34. The number of nitrogens with one attached hydrogen (secondary N) is 2. The molecule has 4 atom stereocenters. The second-order valence-electron chi connectivity index (χ2n) is 13.2. The first-order valence-corrected chi connectivity index (χ1v) is 15.7. The molecule has 2 N–H and O–H groups in total. The molecule has 0 saturated carbocycles. The number of nitrogens with zero attached hydrogens (tertiary/aromatic N) is 4. The first-order chi connectivity index (χ1) is 21.7. The van der Waals surface area contributed by atoms with E-state index in [4.69, 9.17) is 9.72 Å². The number of piperazine rings is 1. The van der Waals surface area contributed by atoms with Crippen LogP contribution in [0, 0.1) is 11.6 Å². The third-order valence-corrected chi connectivity index (χ3v) is 10.2. The van der Waals surface area contributed by atoms with Gasteiger partial charge in [-0.25, -0.2) is 13.2 Å². The fourth-order valence-electron chi connectivity index (χ4n) is 8.22. The number of fused-ring (bicyclic) bond motifs is 5. The molecular weight excluding hydrogens is 581 g/mol. The average Bonchev–Trinajstić information content (AvgIpc) is 3.67. The molecule has 2 unspecified atom stereocenters. The largest absolute Gasteiger partial charge is 0.461 e. The van der Waals surface area contributed by atoms with Crippen molar-refractivity contribution in [3.63, 3.8) is 0 Å². The van der Waals surface area contributed by atoms with Crippen LogP contribution in [0.3, 0.4) is 0 Å². The van der Waals surface area contributed by atoms with Gasteiger partial charge in [0, 0.05) is 54.7 Å². The molecule has 6 heterocycles. The number of aromatic nitrogens is 3. The van der Waals surface area contributed by atoms with Gasteiger partial charge in [-0.2, -0.15) is 9.97 Å². The maximum atomic E-state index is 16.9. The van der Waals surface area contributed by atoms with E-state index in [0.29, 0.717) is 53.8 Å². The van der Waals surface area contributed by atoms with Crippen LogP contribution in [0.5, 0.6) is 6.01 Å². The number of anilines is 1. The van der Waals surface area contributed by atoms with E-state index in [1.165, 1.54) is 6.07 Å². The summed E-state index contributed by atoms with van der Waals surface area (Å²) < 4.78 is 52.7. The molecule has 4 aromatic rings. The van der Waals surface area contributed by atoms with E-state index >= 15 is 8.78 Å². The standard InChI is InChI=1S/C34H35F3N6O2/c1-18(2)25-24(36)10-7-19-5-3-6-23(26(19)25)29-28(37)30-27(32(44)39-29)31(42-15-21-8-9-22(16-42)38-21)41-33(40-30)45-17-34-11-4-12-43(34)14-20(35)13-34/h3,5-7,10,20-22,38H,1,4,8-9,11-17H2,2H3,(H,39,44)/t20-,21?,22?,34+/m1/s1. The average molecular weight is 617 g/mol. The molecule has 0 amide bonds. The molecule has 8 rings (SSSR count). The zero-order chi connectivity index (χ0) is 31.0. The van der Waals surface area contributed by atoms with E-state index < -0.39 is 28.9 Å². The molecule has 4 aliphatic heterocycles. The molecule has 0 radical (unpaired) electrons. The highest BCUT2D eigenvalue weighted by molar-refractivity contribution is 6.04. The lowest BCUT2D eigenvalue weighted by molar-refractivity contribution is 0.107. The van der Waals surface area contributed by atoms with Gasteiger partial charge < -0.3 is 19.9 Å². The van der Waals surface area contributed by atoms with Crippen molar-refractivity contribution in [2.75, 3.05) is 37.7 Å². The van der Waals surface area contributed by atoms with Crippen molar-refractivity contribution >= 4 is 33.1 Å². The van der Waals surface area contributed by atoms with Gasteiger partial charge in [-0.05, 0) is 56.2 Å². The number of hydrogen-bond acceptors (Lipinski definition) is 7. The Hall–Kier alpha value is -3.96. The molecule has 8 nitrogen and oxygen atoms in total. The van der Waals surface area contributed by atoms with Crippen LogP contribution in [-0.4, -0.2) is 76.4 Å². The van der Waals surface area contributed by atoms with E-state index in [1.54, 1.807) is 25.1 Å². The van der Waals surface area contributed by atoms with E-state index in [-0.39, 0.29) is 46.9 Å². The summed E-state index contributed by atoms with van der Waals surface area (Å²) in [5, 5.41) is 4.75. The fourth-order valence-corrected chi connectivity index (χ4v) is 8.22. The third kappa shape index (κ3) is 4.62. The summed E-state index contributed by atoms with van der Waals surface area (Å²) in [5.41, 5.74) is -0.198. The summed E-state index contributed by atoms with van der Waals surface area (Å²) in [6.45, 7) is 8.22. The zero-order valence-corrected chi connectivity index (χ0v) is 25.1. The van der Waals surface area contributed by atoms with Gasteiger partial charge in [-0.3, -0.25) is 9.69 Å². The summed E-state index contributed by atoms with van der Waals surface area (Å²) in [6.07, 6.45) is 3.22. The molecule has 0 aliphatic carbocycles. The Balaban J connectivity index is 1.30. The van der Waals surface area contributed by atoms with Crippen LogP contribution in [0.4, 0.5) is 19.0 Å². The number of allylic oxidation sites excluding steroid dienone is 1. The second kappa shape index (κ2) is 10.6. The number of pyridine rings is 1. The van der Waals surface area contributed by atoms with Crippen LogP contribution >= 0.6 is 0 Å². The number of benzene rings is 2. The summed E-state index contributed by atoms with van der Waals surface area (Å²) in [6, 6.07) is 8.61. The first-order valence-electron chi connectivity index (χ1n) is 15.7. The Morgan fingerprint density at radius 2 is 1.91 bits per heavy atom. The molecule has 234 valence electrons. The Morgan fingerprint density at radius 1 is 1.11 bits per heavy atom. The van der Waals surface area contributed by atoms with Gasteiger partial charge in [0.15, 0.2) is 5.82 Å². The predicted octanol–water partition coefficient (Wildman–Crippen LogP) is 5.35. The van der Waals surface area contributed by atoms with E-state index in [1.807, 2.05) is 11.0 Å². The van der Waals surface area contributed by atoms with Gasteiger partial charge in [-0.15, -0.1) is 0 Å². The Bertz CT molecular complexity index is 1920. The highest BCUT2D eigenvalue weighted by atomic mass is 19.1. The minimum Gasteiger partial charge on any atom is -0.461 e. The van der Waals surface area contributed by atoms with Crippen molar-refractivity contribution < 1.29 is 17.9 Å². The monoisotopic (exact) mass is 616 g/mol. The Morgan fingerprint density at radius 3 is 2.69 bits per heavy atom. The minimum absolute atomic E-state index is 0.0433. The zero-order valence-electron chi connectivity index (χ0n) is 25.1. The number of ether oxygens (including phenoxy) is 1. The molecule has 0 spiro atoms. The summed E-state index contributed by atoms with van der Waals surface area (Å²) in [5.74, 6) is -0.921. The third-order valence-electron chi connectivity index (χ3n) is 10.2. The van der Waals surface area contributed by atoms with Crippen LogP contribution < -0.4 is 20.5 Å². The topological polar surface area (TPSA) is 86.4 Å². The maximum Gasteiger partial charge on any atom is 0.319 e. The van der Waals surface area contributed by atoms with E-state index in [9.17, 15) is 9.18 Å². The van der Waals surface area contributed by atoms with Crippen molar-refractivity contribution in [2.45, 2.75) is 62.8 Å². The van der Waals surface area contributed by atoms with Crippen molar-refractivity contribution in [2.24, 2.45) is 0 Å². The van der Waals surface area contributed by atoms with Crippen molar-refractivity contribution in [3.8, 4) is 17.3 Å². The summed E-state index contributed by atoms with van der Waals surface area (Å²) >= 11 is 0. The Labute approximate surface area is 258 Å². The van der Waals surface area contributed by atoms with Crippen LogP contribution in [0.25, 0.3) is 38.5 Å². The van der Waals surface area contributed by atoms with Crippen molar-refractivity contribution in [1.29, 1.82) is 0 Å². The summed E-state index contributed by atoms with van der Waals surface area (Å²) in [4.78, 5) is 30.1. The van der Waals surface area contributed by atoms with Crippen LogP contribution in [0.1, 0.15) is 44.6 Å². The van der Waals surface area contributed by atoms with Gasteiger partial charge >= 0.3 is 6.01 Å². The number of rotatable bonds is 6. The molecule has 2 bridgehead atoms. The van der Waals surface area contributed by atoms with Gasteiger partial charge in [0.2, 0.25) is 0 Å². The molecule has 2 aromatic heterocycles. The lowest BCUT2D eigenvalue weighted by atomic mass is 9.93. The predicted molar refractivity (Wildman–Crippen MR) is 168 cm³/mol. The molecule has 4 fully saturated rings. The first kappa shape index (κ1) is 28.5. The molecule has 4 aliphatic rings. The highest BCUT2D eigenvalue weighted by Gasteiger charge is 2.49. The van der Waals surface area contributed by atoms with E-state index in [0.717, 1.165) is 32.2 Å². The molecule has 4 saturated heterocycles. The number of alkyl halides is 1. The van der Waals surface area contributed by atoms with Crippen LogP contribution in [-0.2, 0) is 0 Å². The normalized spacial score (nSPS) is 26.2. The number of H-pyrrole nitrogens is 1. The van der Waals surface area contributed by atoms with Crippen LogP contribution in [0.2, 0.25) is 0 Å².